The lowest BCUT2D eigenvalue weighted by Crippen LogP contribution is -2.49. The second-order valence-corrected chi connectivity index (χ2v) is 8.29. The van der Waals surface area contributed by atoms with Crippen LogP contribution in [0.2, 0.25) is 0 Å². The minimum Gasteiger partial charge on any atom is -0.468 e. The third kappa shape index (κ3) is 5.13. The van der Waals surface area contributed by atoms with E-state index in [1.165, 1.54) is 7.11 Å². The van der Waals surface area contributed by atoms with Crippen LogP contribution in [0, 0.1) is 0 Å². The molecule has 0 aliphatic carbocycles. The molecule has 34 heavy (non-hydrogen) atoms. The van der Waals surface area contributed by atoms with Crippen LogP contribution in [0.4, 0.5) is 11.4 Å². The number of nitrogens with zero attached hydrogens (tertiary/aromatic N) is 3. The van der Waals surface area contributed by atoms with Gasteiger partial charge < -0.3 is 14.5 Å². The summed E-state index contributed by atoms with van der Waals surface area (Å²) in [5.74, 6) is -0.231. The van der Waals surface area contributed by atoms with Gasteiger partial charge in [0, 0.05) is 49.7 Å². The van der Waals surface area contributed by atoms with Gasteiger partial charge in [-0.2, -0.15) is 0 Å². The molecule has 6 heteroatoms. The number of anilines is 2. The minimum absolute atomic E-state index is 0.000715. The van der Waals surface area contributed by atoms with Crippen LogP contribution >= 0.6 is 0 Å². The van der Waals surface area contributed by atoms with Gasteiger partial charge in [-0.1, -0.05) is 48.5 Å². The highest BCUT2D eigenvalue weighted by Crippen LogP contribution is 2.27. The van der Waals surface area contributed by atoms with Crippen molar-refractivity contribution < 1.29 is 14.3 Å². The third-order valence-electron chi connectivity index (χ3n) is 6.33. The summed E-state index contributed by atoms with van der Waals surface area (Å²) in [6.07, 6.45) is 0. The van der Waals surface area contributed by atoms with E-state index in [0.717, 1.165) is 43.1 Å². The van der Waals surface area contributed by atoms with Crippen LogP contribution in [0.25, 0.3) is 0 Å². The Hall–Kier alpha value is -3.64. The predicted molar refractivity (Wildman–Crippen MR) is 135 cm³/mol. The Balaban J connectivity index is 1.43. The Bertz CT molecular complexity index is 1080. The maximum absolute atomic E-state index is 12.9. The van der Waals surface area contributed by atoms with Crippen LogP contribution in [0.1, 0.15) is 28.9 Å². The smallest absolute Gasteiger partial charge is 0.327 e. The summed E-state index contributed by atoms with van der Waals surface area (Å²) in [5, 5.41) is 0. The lowest BCUT2D eigenvalue weighted by atomic mass is 10.0. The van der Waals surface area contributed by atoms with Crippen LogP contribution < -0.4 is 9.80 Å². The number of methoxy groups -OCH3 is 1. The lowest BCUT2D eigenvalue weighted by Gasteiger charge is -2.39. The molecule has 1 heterocycles. The molecule has 1 saturated heterocycles. The number of rotatable bonds is 7. The van der Waals surface area contributed by atoms with Crippen molar-refractivity contribution in [2.75, 3.05) is 49.6 Å². The number of amides is 1. The number of benzene rings is 3. The van der Waals surface area contributed by atoms with Crippen molar-refractivity contribution in [3.63, 3.8) is 0 Å². The number of piperazine rings is 1. The van der Waals surface area contributed by atoms with Gasteiger partial charge in [0.05, 0.1) is 7.11 Å². The largest absolute Gasteiger partial charge is 0.468 e. The Morgan fingerprint density at radius 1 is 0.853 bits per heavy atom. The van der Waals surface area contributed by atoms with E-state index in [1.54, 1.807) is 4.90 Å². The van der Waals surface area contributed by atoms with Gasteiger partial charge in [0.25, 0.3) is 5.91 Å². The van der Waals surface area contributed by atoms with E-state index in [1.807, 2.05) is 79.7 Å². The van der Waals surface area contributed by atoms with Crippen LogP contribution in [-0.2, 0) is 9.53 Å². The fourth-order valence-electron chi connectivity index (χ4n) is 4.50. The van der Waals surface area contributed by atoms with Gasteiger partial charge in [0.1, 0.15) is 6.04 Å². The van der Waals surface area contributed by atoms with Crippen molar-refractivity contribution >= 4 is 23.3 Å². The summed E-state index contributed by atoms with van der Waals surface area (Å²) in [4.78, 5) is 31.8. The van der Waals surface area contributed by atoms with E-state index in [-0.39, 0.29) is 11.9 Å². The van der Waals surface area contributed by atoms with E-state index in [2.05, 4.69) is 21.9 Å². The van der Waals surface area contributed by atoms with Crippen molar-refractivity contribution in [3.05, 3.63) is 96.1 Å². The standard InChI is InChI=1S/C28H31N3O3/c1-3-31(27(32)23-12-8-5-9-13-23)25-16-14-24(15-17-25)29-18-20-30(21-19-29)26(28(33)34-2)22-10-6-4-7-11-22/h4-17,26H,3,18-21H2,1-2H3. The number of hydrogen-bond donors (Lipinski definition) is 0. The zero-order valence-electron chi connectivity index (χ0n) is 19.8. The molecule has 1 aliphatic heterocycles. The van der Waals surface area contributed by atoms with E-state index in [0.29, 0.717) is 12.1 Å². The summed E-state index contributed by atoms with van der Waals surface area (Å²) in [7, 11) is 1.44. The van der Waals surface area contributed by atoms with E-state index in [4.69, 9.17) is 4.74 Å². The first kappa shape index (κ1) is 23.5. The van der Waals surface area contributed by atoms with E-state index in [9.17, 15) is 9.59 Å². The normalized spacial score (nSPS) is 14.9. The van der Waals surface area contributed by atoms with Gasteiger partial charge in [-0.05, 0) is 48.9 Å². The molecule has 0 spiro atoms. The highest BCUT2D eigenvalue weighted by atomic mass is 16.5. The maximum atomic E-state index is 12.9. The monoisotopic (exact) mass is 457 g/mol. The quantitative estimate of drug-likeness (QED) is 0.493. The van der Waals surface area contributed by atoms with Gasteiger partial charge in [-0.3, -0.25) is 9.69 Å². The second kappa shape index (κ2) is 11.0. The molecule has 1 amide bonds. The molecule has 176 valence electrons. The van der Waals surface area contributed by atoms with Gasteiger partial charge in [-0.15, -0.1) is 0 Å². The fraction of sp³-hybridized carbons (Fsp3) is 0.286. The molecule has 3 aromatic rings. The number of esters is 1. The molecule has 4 rings (SSSR count). The molecule has 6 nitrogen and oxygen atoms in total. The van der Waals surface area contributed by atoms with Crippen LogP contribution in [0.3, 0.4) is 0 Å². The average molecular weight is 458 g/mol. The molecule has 1 atom stereocenters. The summed E-state index contributed by atoms with van der Waals surface area (Å²) < 4.78 is 5.10. The molecular weight excluding hydrogens is 426 g/mol. The summed E-state index contributed by atoms with van der Waals surface area (Å²) in [6, 6.07) is 26.9. The van der Waals surface area contributed by atoms with Gasteiger partial charge in [-0.25, -0.2) is 4.79 Å². The Morgan fingerprint density at radius 2 is 1.44 bits per heavy atom. The van der Waals surface area contributed by atoms with Crippen LogP contribution in [-0.4, -0.2) is 56.6 Å². The fourth-order valence-corrected chi connectivity index (χ4v) is 4.50. The molecule has 1 unspecified atom stereocenters. The summed E-state index contributed by atoms with van der Waals surface area (Å²) in [6.45, 7) is 5.70. The van der Waals surface area contributed by atoms with Crippen molar-refractivity contribution in [2.45, 2.75) is 13.0 Å². The minimum atomic E-state index is -0.391. The molecule has 1 fully saturated rings. The molecule has 0 radical (unpaired) electrons. The van der Waals surface area contributed by atoms with Gasteiger partial charge in [0.2, 0.25) is 0 Å². The Morgan fingerprint density at radius 3 is 2.00 bits per heavy atom. The van der Waals surface area contributed by atoms with Crippen LogP contribution in [0.15, 0.2) is 84.9 Å². The second-order valence-electron chi connectivity index (χ2n) is 8.29. The number of carbonyl (C=O) groups is 2. The van der Waals surface area contributed by atoms with Crippen molar-refractivity contribution in [1.82, 2.24) is 4.90 Å². The maximum Gasteiger partial charge on any atom is 0.327 e. The summed E-state index contributed by atoms with van der Waals surface area (Å²) in [5.41, 5.74) is 3.63. The number of hydrogen-bond acceptors (Lipinski definition) is 5. The Kier molecular flexibility index (Phi) is 7.60. The van der Waals surface area contributed by atoms with Crippen molar-refractivity contribution in [3.8, 4) is 0 Å². The van der Waals surface area contributed by atoms with Crippen molar-refractivity contribution in [1.29, 1.82) is 0 Å². The molecular formula is C28H31N3O3. The Labute approximate surface area is 201 Å². The first-order valence-corrected chi connectivity index (χ1v) is 11.7. The van der Waals surface area contributed by atoms with Crippen LogP contribution in [0.5, 0.6) is 0 Å². The third-order valence-corrected chi connectivity index (χ3v) is 6.33. The highest BCUT2D eigenvalue weighted by Gasteiger charge is 2.31. The predicted octanol–water partition coefficient (Wildman–Crippen LogP) is 4.39. The van der Waals surface area contributed by atoms with Gasteiger partial charge in [0.15, 0.2) is 0 Å². The topological polar surface area (TPSA) is 53.1 Å². The lowest BCUT2D eigenvalue weighted by molar-refractivity contribution is -0.147. The average Bonchev–Trinajstić information content (AvgIpc) is 2.91. The molecule has 0 N–H and O–H groups in total. The zero-order chi connectivity index (χ0) is 23.9. The first-order valence-electron chi connectivity index (χ1n) is 11.7. The summed E-state index contributed by atoms with van der Waals surface area (Å²) >= 11 is 0. The first-order chi connectivity index (χ1) is 16.6. The van der Waals surface area contributed by atoms with E-state index < -0.39 is 6.04 Å². The van der Waals surface area contributed by atoms with Gasteiger partial charge >= 0.3 is 5.97 Å². The van der Waals surface area contributed by atoms with E-state index >= 15 is 0 Å². The zero-order valence-corrected chi connectivity index (χ0v) is 19.8. The molecule has 3 aromatic carbocycles. The molecule has 0 bridgehead atoms. The molecule has 0 aromatic heterocycles. The number of carbonyl (C=O) groups excluding carboxylic acids is 2. The number of ether oxygens (including phenoxy) is 1. The SMILES string of the molecule is CCN(C(=O)c1ccccc1)c1ccc(N2CCN(C(C(=O)OC)c3ccccc3)CC2)cc1. The molecule has 1 aliphatic rings. The molecule has 0 saturated carbocycles. The van der Waals surface area contributed by atoms with Crippen molar-refractivity contribution in [2.24, 2.45) is 0 Å². The highest BCUT2D eigenvalue weighted by molar-refractivity contribution is 6.06.